The van der Waals surface area contributed by atoms with Gasteiger partial charge in [-0.3, -0.25) is 0 Å². The zero-order chi connectivity index (χ0) is 19.4. The molecule has 2 heterocycles. The van der Waals surface area contributed by atoms with Gasteiger partial charge in [-0.05, 0) is 32.0 Å². The minimum Gasteiger partial charge on any atom is -0.383 e. The third-order valence-corrected chi connectivity index (χ3v) is 3.65. The molecule has 140 valence electrons. The largest absolute Gasteiger partial charge is 0.433 e. The summed E-state index contributed by atoms with van der Waals surface area (Å²) < 4.78 is 38.7. The Bertz CT molecular complexity index is 909. The van der Waals surface area contributed by atoms with E-state index in [1.165, 1.54) is 12.1 Å². The Morgan fingerprint density at radius 1 is 0.852 bits per heavy atom. The number of nitrogens with zero attached hydrogens (tertiary/aromatic N) is 2. The predicted octanol–water partition coefficient (Wildman–Crippen LogP) is 5.73. The van der Waals surface area contributed by atoms with Gasteiger partial charge in [-0.15, -0.1) is 0 Å². The monoisotopic (exact) mass is 372 g/mol. The normalized spacial score (nSPS) is 11.5. The number of hydrogen-bond donors (Lipinski definition) is 2. The van der Waals surface area contributed by atoms with Crippen LogP contribution in [0.3, 0.4) is 0 Å². The second kappa shape index (κ2) is 7.65. The first-order valence-corrected chi connectivity index (χ1v) is 8.46. The molecule has 2 N–H and O–H groups in total. The predicted molar refractivity (Wildman–Crippen MR) is 101 cm³/mol. The van der Waals surface area contributed by atoms with E-state index in [1.807, 2.05) is 50.2 Å². The van der Waals surface area contributed by atoms with Crippen molar-refractivity contribution < 1.29 is 13.2 Å². The van der Waals surface area contributed by atoms with Crippen LogP contribution in [0.2, 0.25) is 0 Å². The van der Waals surface area contributed by atoms with E-state index in [0.717, 1.165) is 17.3 Å². The van der Waals surface area contributed by atoms with Crippen LogP contribution in [0.25, 0.3) is 11.3 Å². The molecule has 7 heteroatoms. The van der Waals surface area contributed by atoms with E-state index < -0.39 is 11.9 Å². The lowest BCUT2D eigenvalue weighted by Gasteiger charge is -2.15. The molecule has 0 amide bonds. The first kappa shape index (κ1) is 18.7. The Hall–Kier alpha value is -3.09. The SMILES string of the molecule is CC(C)Nc1cc(Nc2cccc(C(F)(F)F)n2)nc(-c2ccccc2)c1. The van der Waals surface area contributed by atoms with Crippen LogP contribution in [0.4, 0.5) is 30.5 Å². The second-order valence-corrected chi connectivity index (χ2v) is 6.32. The van der Waals surface area contributed by atoms with Gasteiger partial charge in [-0.1, -0.05) is 36.4 Å². The Morgan fingerprint density at radius 3 is 2.26 bits per heavy atom. The highest BCUT2D eigenvalue weighted by Gasteiger charge is 2.32. The van der Waals surface area contributed by atoms with E-state index in [0.29, 0.717) is 11.5 Å². The van der Waals surface area contributed by atoms with Crippen LogP contribution in [0.1, 0.15) is 19.5 Å². The number of nitrogens with one attached hydrogen (secondary N) is 2. The fourth-order valence-electron chi connectivity index (χ4n) is 2.56. The molecule has 4 nitrogen and oxygen atoms in total. The van der Waals surface area contributed by atoms with Gasteiger partial charge < -0.3 is 10.6 Å². The van der Waals surface area contributed by atoms with Gasteiger partial charge in [0.15, 0.2) is 0 Å². The molecule has 0 atom stereocenters. The molecule has 0 bridgehead atoms. The van der Waals surface area contributed by atoms with Crippen molar-refractivity contribution in [2.75, 3.05) is 10.6 Å². The van der Waals surface area contributed by atoms with E-state index in [2.05, 4.69) is 20.6 Å². The summed E-state index contributed by atoms with van der Waals surface area (Å²) in [6.07, 6.45) is -4.50. The van der Waals surface area contributed by atoms with Crippen molar-refractivity contribution in [1.82, 2.24) is 9.97 Å². The first-order valence-electron chi connectivity index (χ1n) is 8.46. The van der Waals surface area contributed by atoms with Gasteiger partial charge in [0.05, 0.1) is 5.69 Å². The Labute approximate surface area is 155 Å². The van der Waals surface area contributed by atoms with Gasteiger partial charge >= 0.3 is 6.18 Å². The van der Waals surface area contributed by atoms with Gasteiger partial charge in [0.25, 0.3) is 0 Å². The minimum atomic E-state index is -4.50. The summed E-state index contributed by atoms with van der Waals surface area (Å²) in [7, 11) is 0. The average molecular weight is 372 g/mol. The zero-order valence-electron chi connectivity index (χ0n) is 14.9. The number of pyridine rings is 2. The lowest BCUT2D eigenvalue weighted by atomic mass is 10.1. The number of benzene rings is 1. The van der Waals surface area contributed by atoms with Crippen molar-refractivity contribution in [2.24, 2.45) is 0 Å². The Morgan fingerprint density at radius 2 is 1.59 bits per heavy atom. The number of alkyl halides is 3. The van der Waals surface area contributed by atoms with Crippen LogP contribution in [-0.2, 0) is 6.18 Å². The summed E-state index contributed by atoms with van der Waals surface area (Å²) in [6.45, 7) is 4.01. The lowest BCUT2D eigenvalue weighted by Crippen LogP contribution is -2.11. The number of hydrogen-bond acceptors (Lipinski definition) is 4. The van der Waals surface area contributed by atoms with Crippen molar-refractivity contribution in [2.45, 2.75) is 26.1 Å². The van der Waals surface area contributed by atoms with Crippen LogP contribution in [0.15, 0.2) is 60.7 Å². The van der Waals surface area contributed by atoms with Crippen LogP contribution in [0, 0.1) is 0 Å². The number of aromatic nitrogens is 2. The topological polar surface area (TPSA) is 49.8 Å². The number of rotatable bonds is 5. The van der Waals surface area contributed by atoms with Gasteiger partial charge in [-0.25, -0.2) is 9.97 Å². The number of anilines is 3. The molecule has 2 aromatic heterocycles. The molecule has 0 fully saturated rings. The molecule has 0 saturated carbocycles. The molecule has 0 aliphatic carbocycles. The Kier molecular flexibility index (Phi) is 5.30. The average Bonchev–Trinajstić information content (AvgIpc) is 2.61. The second-order valence-electron chi connectivity index (χ2n) is 6.32. The van der Waals surface area contributed by atoms with Crippen molar-refractivity contribution >= 4 is 17.3 Å². The summed E-state index contributed by atoms with van der Waals surface area (Å²) in [5.74, 6) is 0.490. The fraction of sp³-hybridized carbons (Fsp3) is 0.200. The van der Waals surface area contributed by atoms with Gasteiger partial charge in [0.2, 0.25) is 0 Å². The summed E-state index contributed by atoms with van der Waals surface area (Å²) in [5.41, 5.74) is 1.47. The highest BCUT2D eigenvalue weighted by Crippen LogP contribution is 2.30. The minimum absolute atomic E-state index is 0.0815. The maximum atomic E-state index is 12.9. The van der Waals surface area contributed by atoms with E-state index in [9.17, 15) is 13.2 Å². The van der Waals surface area contributed by atoms with Crippen molar-refractivity contribution in [3.05, 3.63) is 66.4 Å². The molecule has 3 aromatic rings. The molecular weight excluding hydrogens is 353 g/mol. The quantitative estimate of drug-likeness (QED) is 0.601. The molecule has 0 unspecified atom stereocenters. The molecule has 1 aromatic carbocycles. The van der Waals surface area contributed by atoms with E-state index >= 15 is 0 Å². The van der Waals surface area contributed by atoms with E-state index in [1.54, 1.807) is 6.07 Å². The first-order chi connectivity index (χ1) is 12.8. The summed E-state index contributed by atoms with van der Waals surface area (Å²) in [6, 6.07) is 17.1. The van der Waals surface area contributed by atoms with Gasteiger partial charge in [0, 0.05) is 23.4 Å². The van der Waals surface area contributed by atoms with Gasteiger partial charge in [0.1, 0.15) is 17.3 Å². The summed E-state index contributed by atoms with van der Waals surface area (Å²) >= 11 is 0. The molecule has 0 aliphatic rings. The molecule has 0 aliphatic heterocycles. The van der Waals surface area contributed by atoms with Gasteiger partial charge in [-0.2, -0.15) is 13.2 Å². The lowest BCUT2D eigenvalue weighted by molar-refractivity contribution is -0.141. The smallest absolute Gasteiger partial charge is 0.383 e. The molecule has 0 saturated heterocycles. The highest BCUT2D eigenvalue weighted by molar-refractivity contribution is 5.69. The third-order valence-electron chi connectivity index (χ3n) is 3.65. The van der Waals surface area contributed by atoms with Crippen LogP contribution >= 0.6 is 0 Å². The third kappa shape index (κ3) is 4.97. The maximum absolute atomic E-state index is 12.9. The van der Waals surface area contributed by atoms with E-state index in [-0.39, 0.29) is 11.9 Å². The molecular formula is C20H19F3N4. The molecule has 0 spiro atoms. The highest BCUT2D eigenvalue weighted by atomic mass is 19.4. The molecule has 0 radical (unpaired) electrons. The van der Waals surface area contributed by atoms with Crippen molar-refractivity contribution in [3.8, 4) is 11.3 Å². The van der Waals surface area contributed by atoms with Crippen LogP contribution in [-0.4, -0.2) is 16.0 Å². The van der Waals surface area contributed by atoms with Crippen LogP contribution < -0.4 is 10.6 Å². The molecule has 27 heavy (non-hydrogen) atoms. The zero-order valence-corrected chi connectivity index (χ0v) is 14.9. The van der Waals surface area contributed by atoms with E-state index in [4.69, 9.17) is 0 Å². The maximum Gasteiger partial charge on any atom is 0.433 e. The standard InChI is InChI=1S/C20H19F3N4/c1-13(2)24-15-11-16(14-7-4-3-5-8-14)25-19(12-15)27-18-10-6-9-17(26-18)20(21,22)23/h3-13H,1-2H3,(H2,24,25,26,27). The fourth-order valence-corrected chi connectivity index (χ4v) is 2.56. The summed E-state index contributed by atoms with van der Waals surface area (Å²) in [4.78, 5) is 8.16. The van der Waals surface area contributed by atoms with Crippen LogP contribution in [0.5, 0.6) is 0 Å². The summed E-state index contributed by atoms with van der Waals surface area (Å²) in [5, 5.41) is 6.17. The number of halogens is 3. The van der Waals surface area contributed by atoms with Crippen molar-refractivity contribution in [3.63, 3.8) is 0 Å². The molecule has 3 rings (SSSR count). The van der Waals surface area contributed by atoms with Crippen molar-refractivity contribution in [1.29, 1.82) is 0 Å². The Balaban J connectivity index is 1.97.